The zero-order valence-electron chi connectivity index (χ0n) is 8.97. The van der Waals surface area contributed by atoms with E-state index in [0.717, 1.165) is 6.54 Å². The molecule has 74 valence electrons. The summed E-state index contributed by atoms with van der Waals surface area (Å²) in [5.41, 5.74) is 0.573. The molecule has 1 fully saturated rings. The first kappa shape index (κ1) is 10.6. The molecule has 1 heteroatoms. The molecule has 0 N–H and O–H groups in total. The van der Waals surface area contributed by atoms with E-state index in [1.165, 1.54) is 38.8 Å². The van der Waals surface area contributed by atoms with Gasteiger partial charge in [-0.1, -0.05) is 26.2 Å². The van der Waals surface area contributed by atoms with Gasteiger partial charge >= 0.3 is 0 Å². The van der Waals surface area contributed by atoms with Gasteiger partial charge in [-0.2, -0.15) is 0 Å². The Morgan fingerprint density at radius 2 is 2.15 bits per heavy atom. The summed E-state index contributed by atoms with van der Waals surface area (Å²) in [6, 6.07) is 0. The van der Waals surface area contributed by atoms with Crippen molar-refractivity contribution in [2.75, 3.05) is 19.6 Å². The van der Waals surface area contributed by atoms with Crippen molar-refractivity contribution < 1.29 is 0 Å². The van der Waals surface area contributed by atoms with Gasteiger partial charge in [-0.25, -0.2) is 0 Å². The van der Waals surface area contributed by atoms with Gasteiger partial charge in [-0.05, 0) is 37.8 Å². The van der Waals surface area contributed by atoms with E-state index >= 15 is 0 Å². The molecule has 0 saturated carbocycles. The molecule has 13 heavy (non-hydrogen) atoms. The summed E-state index contributed by atoms with van der Waals surface area (Å²) in [5, 5.41) is 0. The van der Waals surface area contributed by atoms with Gasteiger partial charge in [0.15, 0.2) is 0 Å². The molecule has 0 aliphatic carbocycles. The maximum Gasteiger partial charge on any atom is 0.0598 e. The fourth-order valence-electron chi connectivity index (χ4n) is 2.04. The topological polar surface area (TPSA) is 3.24 Å². The number of rotatable bonds is 2. The zero-order valence-corrected chi connectivity index (χ0v) is 8.97. The first-order chi connectivity index (χ1) is 6.20. The summed E-state index contributed by atoms with van der Waals surface area (Å²) in [6.07, 6.45) is 10.6. The van der Waals surface area contributed by atoms with Crippen molar-refractivity contribution in [2.45, 2.75) is 39.5 Å². The molecule has 0 aromatic carbocycles. The average molecular weight is 179 g/mol. The standard InChI is InChI=1S/C12H21N/c1-4-9-13-10-6-7-12(3,5-2)8-11-13/h1H,5-11H2,2-3H3. The number of hydrogen-bond acceptors (Lipinski definition) is 1. The fraction of sp³-hybridized carbons (Fsp3) is 0.833. The molecule has 0 spiro atoms. The second-order valence-electron chi connectivity index (χ2n) is 4.50. The minimum Gasteiger partial charge on any atom is -0.292 e. The molecule has 1 atom stereocenters. The normalized spacial score (nSPS) is 30.8. The Kier molecular flexibility index (Phi) is 3.81. The summed E-state index contributed by atoms with van der Waals surface area (Å²) < 4.78 is 0. The summed E-state index contributed by atoms with van der Waals surface area (Å²) in [6.45, 7) is 7.93. The van der Waals surface area contributed by atoms with Gasteiger partial charge in [0.05, 0.1) is 6.54 Å². The van der Waals surface area contributed by atoms with Crippen molar-refractivity contribution in [1.82, 2.24) is 4.90 Å². The van der Waals surface area contributed by atoms with Gasteiger partial charge in [-0.15, -0.1) is 6.42 Å². The van der Waals surface area contributed by atoms with Crippen LogP contribution in [-0.2, 0) is 0 Å². The highest BCUT2D eigenvalue weighted by Crippen LogP contribution is 2.33. The summed E-state index contributed by atoms with van der Waals surface area (Å²) >= 11 is 0. The molecule has 1 unspecified atom stereocenters. The van der Waals surface area contributed by atoms with Crippen molar-refractivity contribution in [3.8, 4) is 12.3 Å². The molecule has 1 rings (SSSR count). The minimum atomic E-state index is 0.573. The van der Waals surface area contributed by atoms with E-state index in [2.05, 4.69) is 24.7 Å². The lowest BCUT2D eigenvalue weighted by Gasteiger charge is -2.26. The molecular formula is C12H21N. The van der Waals surface area contributed by atoms with Gasteiger partial charge in [0.25, 0.3) is 0 Å². The lowest BCUT2D eigenvalue weighted by atomic mass is 9.80. The van der Waals surface area contributed by atoms with Crippen LogP contribution in [0.5, 0.6) is 0 Å². The third kappa shape index (κ3) is 3.04. The van der Waals surface area contributed by atoms with E-state index in [0.29, 0.717) is 5.41 Å². The van der Waals surface area contributed by atoms with E-state index in [-0.39, 0.29) is 0 Å². The molecule has 0 aromatic heterocycles. The number of hydrogen-bond donors (Lipinski definition) is 0. The monoisotopic (exact) mass is 179 g/mol. The molecule has 1 nitrogen and oxygen atoms in total. The van der Waals surface area contributed by atoms with Gasteiger partial charge in [0.2, 0.25) is 0 Å². The summed E-state index contributed by atoms with van der Waals surface area (Å²) in [4.78, 5) is 2.40. The van der Waals surface area contributed by atoms with Gasteiger partial charge in [0, 0.05) is 0 Å². The van der Waals surface area contributed by atoms with Crippen molar-refractivity contribution >= 4 is 0 Å². The Labute approximate surface area is 82.5 Å². The third-order valence-electron chi connectivity index (χ3n) is 3.45. The first-order valence-electron chi connectivity index (χ1n) is 5.36. The Hall–Kier alpha value is -0.480. The van der Waals surface area contributed by atoms with Crippen LogP contribution in [0.4, 0.5) is 0 Å². The Morgan fingerprint density at radius 3 is 2.77 bits per heavy atom. The molecule has 1 saturated heterocycles. The van der Waals surface area contributed by atoms with Crippen LogP contribution in [0, 0.1) is 17.8 Å². The van der Waals surface area contributed by atoms with Crippen LogP contribution in [0.15, 0.2) is 0 Å². The van der Waals surface area contributed by atoms with E-state index in [1.807, 2.05) is 0 Å². The summed E-state index contributed by atoms with van der Waals surface area (Å²) in [7, 11) is 0. The maximum atomic E-state index is 5.32. The zero-order chi connectivity index (χ0) is 9.73. The molecule has 1 aliphatic rings. The highest BCUT2D eigenvalue weighted by Gasteiger charge is 2.25. The molecule has 1 heterocycles. The van der Waals surface area contributed by atoms with Crippen LogP contribution in [-0.4, -0.2) is 24.5 Å². The van der Waals surface area contributed by atoms with Crippen molar-refractivity contribution in [2.24, 2.45) is 5.41 Å². The van der Waals surface area contributed by atoms with Gasteiger partial charge in [-0.3, -0.25) is 4.90 Å². The first-order valence-corrected chi connectivity index (χ1v) is 5.36. The smallest absolute Gasteiger partial charge is 0.0598 e. The maximum absolute atomic E-state index is 5.32. The van der Waals surface area contributed by atoms with Gasteiger partial charge < -0.3 is 0 Å². The number of nitrogens with zero attached hydrogens (tertiary/aromatic N) is 1. The molecule has 1 aliphatic heterocycles. The minimum absolute atomic E-state index is 0.573. The Bertz CT molecular complexity index is 192. The fourth-order valence-corrected chi connectivity index (χ4v) is 2.04. The van der Waals surface area contributed by atoms with Crippen molar-refractivity contribution in [3.63, 3.8) is 0 Å². The van der Waals surface area contributed by atoms with Crippen molar-refractivity contribution in [1.29, 1.82) is 0 Å². The van der Waals surface area contributed by atoms with Crippen LogP contribution >= 0.6 is 0 Å². The van der Waals surface area contributed by atoms with E-state index in [9.17, 15) is 0 Å². The Morgan fingerprint density at radius 1 is 1.38 bits per heavy atom. The number of terminal acetylenes is 1. The van der Waals surface area contributed by atoms with Crippen molar-refractivity contribution in [3.05, 3.63) is 0 Å². The predicted octanol–water partition coefficient (Wildman–Crippen LogP) is 2.52. The van der Waals surface area contributed by atoms with Crippen LogP contribution in [0.1, 0.15) is 39.5 Å². The largest absolute Gasteiger partial charge is 0.292 e. The lowest BCUT2D eigenvalue weighted by molar-refractivity contribution is 0.253. The lowest BCUT2D eigenvalue weighted by Crippen LogP contribution is -2.26. The summed E-state index contributed by atoms with van der Waals surface area (Å²) in [5.74, 6) is 2.74. The molecule has 0 aromatic rings. The van der Waals surface area contributed by atoms with E-state index in [4.69, 9.17) is 6.42 Å². The average Bonchev–Trinajstić information content (AvgIpc) is 2.31. The van der Waals surface area contributed by atoms with E-state index in [1.54, 1.807) is 0 Å². The Balaban J connectivity index is 2.44. The van der Waals surface area contributed by atoms with E-state index < -0.39 is 0 Å². The molecule has 0 radical (unpaired) electrons. The highest BCUT2D eigenvalue weighted by molar-refractivity contribution is 4.90. The van der Waals surface area contributed by atoms with Gasteiger partial charge in [0.1, 0.15) is 0 Å². The molecule has 0 amide bonds. The third-order valence-corrected chi connectivity index (χ3v) is 3.45. The predicted molar refractivity (Wildman–Crippen MR) is 57.5 cm³/mol. The van der Waals surface area contributed by atoms with Crippen LogP contribution in [0.25, 0.3) is 0 Å². The van der Waals surface area contributed by atoms with Crippen LogP contribution in [0.3, 0.4) is 0 Å². The van der Waals surface area contributed by atoms with Crippen LogP contribution < -0.4 is 0 Å². The number of likely N-dealkylation sites (tertiary alicyclic amines) is 1. The SMILES string of the molecule is C#CCN1CCCC(C)(CC)CC1. The quantitative estimate of drug-likeness (QED) is 0.589. The molecular weight excluding hydrogens is 158 g/mol. The molecule has 0 bridgehead atoms. The second kappa shape index (κ2) is 4.67. The highest BCUT2D eigenvalue weighted by atomic mass is 15.1. The second-order valence-corrected chi connectivity index (χ2v) is 4.50. The van der Waals surface area contributed by atoms with Crippen LogP contribution in [0.2, 0.25) is 0 Å².